The Morgan fingerprint density at radius 3 is 2.81 bits per heavy atom. The molecule has 1 aromatic carbocycles. The number of halogens is 1. The molecule has 0 unspecified atom stereocenters. The lowest BCUT2D eigenvalue weighted by atomic mass is 10.1. The molecule has 1 heterocycles. The predicted octanol–water partition coefficient (Wildman–Crippen LogP) is 1.01. The van der Waals surface area contributed by atoms with Crippen LogP contribution in [-0.2, 0) is 0 Å². The SMILES string of the molecule is COc1cc(N)c(Cl)cc1-c1n[nH]c(=O)[nH]1. The standard InChI is InChI=1S/C9H9ClN4O2/c1-16-7-3-6(11)5(10)2-4(7)8-12-9(15)14-13-8/h2-3H,11H2,1H3,(H2,12,13,14,15). The van der Waals surface area contributed by atoms with Crippen molar-refractivity contribution in [3.8, 4) is 17.1 Å². The van der Waals surface area contributed by atoms with Gasteiger partial charge in [0, 0.05) is 6.07 Å². The first-order chi connectivity index (χ1) is 7.61. The Bertz CT molecular complexity index is 575. The number of rotatable bonds is 2. The van der Waals surface area contributed by atoms with Gasteiger partial charge in [-0.3, -0.25) is 4.98 Å². The number of ether oxygens (including phenoxy) is 1. The third-order valence-corrected chi connectivity index (χ3v) is 2.40. The number of nitrogens with zero attached hydrogens (tertiary/aromatic N) is 1. The molecule has 84 valence electrons. The van der Waals surface area contributed by atoms with Crippen molar-refractivity contribution in [2.75, 3.05) is 12.8 Å². The van der Waals surface area contributed by atoms with Gasteiger partial charge in [-0.2, -0.15) is 5.10 Å². The average molecular weight is 241 g/mol. The molecule has 0 saturated carbocycles. The van der Waals surface area contributed by atoms with E-state index in [1.54, 1.807) is 12.1 Å². The molecule has 0 aliphatic heterocycles. The van der Waals surface area contributed by atoms with E-state index < -0.39 is 5.69 Å². The van der Waals surface area contributed by atoms with E-state index in [1.165, 1.54) is 7.11 Å². The van der Waals surface area contributed by atoms with Crippen molar-refractivity contribution in [1.82, 2.24) is 15.2 Å². The zero-order chi connectivity index (χ0) is 11.7. The minimum absolute atomic E-state index is 0.351. The third-order valence-electron chi connectivity index (χ3n) is 2.08. The molecule has 2 rings (SSSR count). The van der Waals surface area contributed by atoms with Crippen LogP contribution < -0.4 is 16.2 Å². The second kappa shape index (κ2) is 3.90. The lowest BCUT2D eigenvalue weighted by molar-refractivity contribution is 0.416. The number of hydrogen-bond acceptors (Lipinski definition) is 4. The Morgan fingerprint density at radius 2 is 2.25 bits per heavy atom. The van der Waals surface area contributed by atoms with Crippen LogP contribution in [0.1, 0.15) is 0 Å². The van der Waals surface area contributed by atoms with Gasteiger partial charge in [-0.25, -0.2) is 9.89 Å². The number of nitrogen functional groups attached to an aromatic ring is 1. The van der Waals surface area contributed by atoms with Gasteiger partial charge in [0.1, 0.15) is 5.75 Å². The summed E-state index contributed by atoms with van der Waals surface area (Å²) in [7, 11) is 1.50. The van der Waals surface area contributed by atoms with Gasteiger partial charge in [0.2, 0.25) is 0 Å². The number of hydrogen-bond donors (Lipinski definition) is 3. The quantitative estimate of drug-likeness (QED) is 0.683. The van der Waals surface area contributed by atoms with E-state index in [0.717, 1.165) is 0 Å². The summed E-state index contributed by atoms with van der Waals surface area (Å²) in [6.07, 6.45) is 0. The molecule has 0 saturated heterocycles. The number of nitrogens with two attached hydrogens (primary N) is 1. The molecule has 0 radical (unpaired) electrons. The van der Waals surface area contributed by atoms with Gasteiger partial charge in [0.05, 0.1) is 23.4 Å². The van der Waals surface area contributed by atoms with Gasteiger partial charge in [0.15, 0.2) is 5.82 Å². The highest BCUT2D eigenvalue weighted by Crippen LogP contribution is 2.33. The van der Waals surface area contributed by atoms with Crippen molar-refractivity contribution >= 4 is 17.3 Å². The van der Waals surface area contributed by atoms with Crippen molar-refractivity contribution < 1.29 is 4.74 Å². The monoisotopic (exact) mass is 240 g/mol. The summed E-state index contributed by atoms with van der Waals surface area (Å²) in [4.78, 5) is 13.5. The maximum atomic E-state index is 10.9. The lowest BCUT2D eigenvalue weighted by Gasteiger charge is -2.08. The summed E-state index contributed by atoms with van der Waals surface area (Å²) >= 11 is 5.89. The maximum Gasteiger partial charge on any atom is 0.340 e. The number of aromatic nitrogens is 3. The van der Waals surface area contributed by atoms with Gasteiger partial charge < -0.3 is 10.5 Å². The van der Waals surface area contributed by atoms with Crippen LogP contribution >= 0.6 is 11.6 Å². The van der Waals surface area contributed by atoms with E-state index in [2.05, 4.69) is 15.2 Å². The van der Waals surface area contributed by atoms with Crippen molar-refractivity contribution in [3.63, 3.8) is 0 Å². The van der Waals surface area contributed by atoms with Crippen LogP contribution in [0.2, 0.25) is 5.02 Å². The number of aromatic amines is 2. The number of H-pyrrole nitrogens is 2. The summed E-state index contributed by atoms with van der Waals surface area (Å²) in [5.41, 5.74) is 6.21. The van der Waals surface area contributed by atoms with E-state index in [0.29, 0.717) is 27.8 Å². The molecule has 0 amide bonds. The van der Waals surface area contributed by atoms with E-state index >= 15 is 0 Å². The molecule has 2 aromatic rings. The maximum absolute atomic E-state index is 10.9. The fourth-order valence-electron chi connectivity index (χ4n) is 1.32. The summed E-state index contributed by atoms with van der Waals surface area (Å²) in [5, 5.41) is 6.43. The highest BCUT2D eigenvalue weighted by atomic mass is 35.5. The second-order valence-corrected chi connectivity index (χ2v) is 3.51. The zero-order valence-electron chi connectivity index (χ0n) is 8.37. The largest absolute Gasteiger partial charge is 0.496 e. The van der Waals surface area contributed by atoms with Crippen molar-refractivity contribution in [2.45, 2.75) is 0 Å². The smallest absolute Gasteiger partial charge is 0.340 e. The molecule has 0 fully saturated rings. The number of anilines is 1. The van der Waals surface area contributed by atoms with Gasteiger partial charge in [-0.1, -0.05) is 11.6 Å². The molecular weight excluding hydrogens is 232 g/mol. The first-order valence-corrected chi connectivity index (χ1v) is 4.77. The molecular formula is C9H9ClN4O2. The highest BCUT2D eigenvalue weighted by Gasteiger charge is 2.12. The fourth-order valence-corrected chi connectivity index (χ4v) is 1.48. The zero-order valence-corrected chi connectivity index (χ0v) is 9.13. The van der Waals surface area contributed by atoms with Gasteiger partial charge in [-0.15, -0.1) is 0 Å². The van der Waals surface area contributed by atoms with Crippen molar-refractivity contribution in [3.05, 3.63) is 27.6 Å². The van der Waals surface area contributed by atoms with Crippen LogP contribution in [-0.4, -0.2) is 22.3 Å². The first kappa shape index (κ1) is 10.6. The van der Waals surface area contributed by atoms with E-state index in [-0.39, 0.29) is 0 Å². The van der Waals surface area contributed by atoms with Gasteiger partial charge >= 0.3 is 5.69 Å². The van der Waals surface area contributed by atoms with Crippen LogP contribution in [0, 0.1) is 0 Å². The number of benzene rings is 1. The van der Waals surface area contributed by atoms with Crippen LogP contribution in [0.25, 0.3) is 11.4 Å². The van der Waals surface area contributed by atoms with Gasteiger partial charge in [0.25, 0.3) is 0 Å². The molecule has 4 N–H and O–H groups in total. The number of nitrogens with one attached hydrogen (secondary N) is 2. The lowest BCUT2D eigenvalue weighted by Crippen LogP contribution is -2.00. The summed E-state index contributed by atoms with van der Waals surface area (Å²) in [5.74, 6) is 0.841. The Balaban J connectivity index is 2.63. The highest BCUT2D eigenvalue weighted by molar-refractivity contribution is 6.33. The minimum atomic E-state index is -0.398. The molecule has 0 aliphatic rings. The van der Waals surface area contributed by atoms with E-state index in [4.69, 9.17) is 22.1 Å². The molecule has 7 heteroatoms. The second-order valence-electron chi connectivity index (χ2n) is 3.10. The Labute approximate surface area is 95.4 Å². The predicted molar refractivity (Wildman–Crippen MR) is 60.6 cm³/mol. The number of methoxy groups -OCH3 is 1. The van der Waals surface area contributed by atoms with Crippen LogP contribution in [0.4, 0.5) is 5.69 Å². The summed E-state index contributed by atoms with van der Waals surface area (Å²) in [6.45, 7) is 0. The van der Waals surface area contributed by atoms with Gasteiger partial charge in [-0.05, 0) is 6.07 Å². The van der Waals surface area contributed by atoms with Crippen LogP contribution in [0.3, 0.4) is 0 Å². The third kappa shape index (κ3) is 1.74. The molecule has 0 bridgehead atoms. The molecule has 1 aromatic heterocycles. The first-order valence-electron chi connectivity index (χ1n) is 4.40. The molecule has 6 nitrogen and oxygen atoms in total. The summed E-state index contributed by atoms with van der Waals surface area (Å²) in [6, 6.07) is 3.16. The Morgan fingerprint density at radius 1 is 1.50 bits per heavy atom. The summed E-state index contributed by atoms with van der Waals surface area (Å²) < 4.78 is 5.13. The minimum Gasteiger partial charge on any atom is -0.496 e. The van der Waals surface area contributed by atoms with Crippen molar-refractivity contribution in [1.29, 1.82) is 0 Å². The average Bonchev–Trinajstić information content (AvgIpc) is 2.68. The fraction of sp³-hybridized carbons (Fsp3) is 0.111. The Hall–Kier alpha value is -1.95. The van der Waals surface area contributed by atoms with Crippen LogP contribution in [0.5, 0.6) is 5.75 Å². The molecule has 0 spiro atoms. The van der Waals surface area contributed by atoms with E-state index in [1.807, 2.05) is 0 Å². The topological polar surface area (TPSA) is 96.8 Å². The molecule has 0 aliphatic carbocycles. The van der Waals surface area contributed by atoms with E-state index in [9.17, 15) is 4.79 Å². The molecule has 0 atom stereocenters. The van der Waals surface area contributed by atoms with Crippen molar-refractivity contribution in [2.24, 2.45) is 0 Å². The normalized spacial score (nSPS) is 10.4. The Kier molecular flexibility index (Phi) is 2.57. The molecule has 16 heavy (non-hydrogen) atoms. The van der Waals surface area contributed by atoms with Crippen LogP contribution in [0.15, 0.2) is 16.9 Å².